The van der Waals surface area contributed by atoms with Crippen LogP contribution in [0.5, 0.6) is 0 Å². The van der Waals surface area contributed by atoms with Gasteiger partial charge in [0.1, 0.15) is 5.78 Å². The molecular formula is C11H15NO. The Labute approximate surface area is 78.8 Å². The Morgan fingerprint density at radius 2 is 2.31 bits per heavy atom. The molecule has 0 spiro atoms. The zero-order valence-electron chi connectivity index (χ0n) is 8.35. The third-order valence-corrected chi connectivity index (χ3v) is 2.23. The Bertz CT molecular complexity index is 320. The fraction of sp³-hybridized carbons (Fsp3) is 0.545. The standard InChI is InChI=1S/C11H15NO/c1-8(13)9-5-4-6-10(7-9)11(2,3)12/h5,9H,7,12H2,1-3H3. The van der Waals surface area contributed by atoms with E-state index < -0.39 is 5.54 Å². The van der Waals surface area contributed by atoms with Crippen LogP contribution in [0.15, 0.2) is 23.1 Å². The molecule has 1 aliphatic rings. The van der Waals surface area contributed by atoms with Gasteiger partial charge in [0.05, 0.1) is 0 Å². The van der Waals surface area contributed by atoms with E-state index >= 15 is 0 Å². The minimum absolute atomic E-state index is 0.0564. The number of ketones is 1. The predicted molar refractivity (Wildman–Crippen MR) is 52.2 cm³/mol. The molecule has 0 heterocycles. The van der Waals surface area contributed by atoms with E-state index in [1.807, 2.05) is 13.8 Å². The molecule has 0 aromatic carbocycles. The van der Waals surface area contributed by atoms with Crippen LogP contribution in [0.2, 0.25) is 0 Å². The molecule has 0 fully saturated rings. The fourth-order valence-electron chi connectivity index (χ4n) is 1.24. The molecule has 2 heteroatoms. The quantitative estimate of drug-likeness (QED) is 0.650. The molecule has 70 valence electrons. The van der Waals surface area contributed by atoms with Crippen molar-refractivity contribution >= 4 is 5.78 Å². The number of carbonyl (C=O) groups is 1. The molecule has 0 radical (unpaired) electrons. The number of rotatable bonds is 2. The molecule has 0 saturated carbocycles. The Hall–Kier alpha value is -1.07. The minimum atomic E-state index is -0.394. The Morgan fingerprint density at radius 3 is 2.77 bits per heavy atom. The molecule has 0 amide bonds. The van der Waals surface area contributed by atoms with Gasteiger partial charge in [-0.25, -0.2) is 0 Å². The van der Waals surface area contributed by atoms with Gasteiger partial charge in [-0.1, -0.05) is 11.5 Å². The lowest BCUT2D eigenvalue weighted by molar-refractivity contribution is -0.119. The van der Waals surface area contributed by atoms with Crippen LogP contribution in [0.4, 0.5) is 0 Å². The van der Waals surface area contributed by atoms with Gasteiger partial charge in [-0.05, 0) is 33.3 Å². The zero-order valence-corrected chi connectivity index (χ0v) is 8.35. The Morgan fingerprint density at radius 1 is 1.69 bits per heavy atom. The van der Waals surface area contributed by atoms with Crippen LogP contribution in [0.1, 0.15) is 27.2 Å². The van der Waals surface area contributed by atoms with Crippen molar-refractivity contribution in [2.24, 2.45) is 11.7 Å². The average Bonchev–Trinajstić information content (AvgIpc) is 2.03. The summed E-state index contributed by atoms with van der Waals surface area (Å²) in [4.78, 5) is 11.1. The second-order valence-corrected chi connectivity index (χ2v) is 4.06. The van der Waals surface area contributed by atoms with Crippen LogP contribution in [0.3, 0.4) is 0 Å². The molecule has 13 heavy (non-hydrogen) atoms. The summed E-state index contributed by atoms with van der Waals surface area (Å²) in [6.45, 7) is 5.42. The van der Waals surface area contributed by atoms with Crippen LogP contribution in [0.25, 0.3) is 0 Å². The van der Waals surface area contributed by atoms with Gasteiger partial charge in [-0.2, -0.15) is 0 Å². The SMILES string of the molecule is CC(=O)C1C=C=C=C(C(C)(C)N)C1. The highest BCUT2D eigenvalue weighted by Crippen LogP contribution is 2.23. The topological polar surface area (TPSA) is 43.1 Å². The summed E-state index contributed by atoms with van der Waals surface area (Å²) in [6, 6.07) is 0. The van der Waals surface area contributed by atoms with Gasteiger partial charge in [-0.3, -0.25) is 4.79 Å². The number of allylic oxidation sites excluding steroid dienone is 1. The summed E-state index contributed by atoms with van der Waals surface area (Å²) in [5.74, 6) is 0.106. The van der Waals surface area contributed by atoms with Crippen LogP contribution in [0, 0.1) is 5.92 Å². The van der Waals surface area contributed by atoms with Crippen LogP contribution in [-0.4, -0.2) is 11.3 Å². The summed E-state index contributed by atoms with van der Waals surface area (Å²) in [6.07, 6.45) is 2.45. The van der Waals surface area contributed by atoms with Crippen LogP contribution in [-0.2, 0) is 4.79 Å². The minimum Gasteiger partial charge on any atom is -0.322 e. The maximum absolute atomic E-state index is 11.1. The first-order valence-electron chi connectivity index (χ1n) is 4.42. The molecule has 1 atom stereocenters. The van der Waals surface area contributed by atoms with E-state index in [-0.39, 0.29) is 11.7 Å². The summed E-state index contributed by atoms with van der Waals surface area (Å²) >= 11 is 0. The van der Waals surface area contributed by atoms with Gasteiger partial charge >= 0.3 is 0 Å². The van der Waals surface area contributed by atoms with Crippen molar-refractivity contribution in [1.82, 2.24) is 0 Å². The molecule has 0 aromatic rings. The molecule has 2 nitrogen and oxygen atoms in total. The highest BCUT2D eigenvalue weighted by atomic mass is 16.1. The number of Topliss-reactive ketones (excluding diaryl/α,β-unsaturated/α-hetero) is 1. The summed E-state index contributed by atoms with van der Waals surface area (Å²) in [5.41, 5.74) is 12.3. The van der Waals surface area contributed by atoms with E-state index in [0.717, 1.165) is 5.57 Å². The van der Waals surface area contributed by atoms with E-state index in [4.69, 9.17) is 5.73 Å². The Balaban J connectivity index is 2.92. The highest BCUT2D eigenvalue weighted by Gasteiger charge is 2.23. The van der Waals surface area contributed by atoms with Crippen molar-refractivity contribution in [3.63, 3.8) is 0 Å². The molecule has 0 saturated heterocycles. The second-order valence-electron chi connectivity index (χ2n) is 4.06. The molecule has 0 bridgehead atoms. The second kappa shape index (κ2) is 3.35. The summed E-state index contributed by atoms with van der Waals surface area (Å²) in [7, 11) is 0. The van der Waals surface area contributed by atoms with Crippen molar-refractivity contribution in [3.05, 3.63) is 23.1 Å². The number of carbonyl (C=O) groups excluding carboxylic acids is 1. The summed E-state index contributed by atoms with van der Waals surface area (Å²) < 4.78 is 0. The van der Waals surface area contributed by atoms with E-state index in [1.165, 1.54) is 0 Å². The maximum Gasteiger partial charge on any atom is 0.137 e. The van der Waals surface area contributed by atoms with Crippen LogP contribution < -0.4 is 5.73 Å². The van der Waals surface area contributed by atoms with Crippen molar-refractivity contribution in [2.75, 3.05) is 0 Å². The largest absolute Gasteiger partial charge is 0.322 e. The first kappa shape index (κ1) is 10.0. The Kier molecular flexibility index (Phi) is 2.58. The number of hydrogen-bond acceptors (Lipinski definition) is 2. The summed E-state index contributed by atoms with van der Waals surface area (Å²) in [5, 5.41) is 0. The normalized spacial score (nSPS) is 21.5. The lowest BCUT2D eigenvalue weighted by Crippen LogP contribution is -2.35. The zero-order chi connectivity index (χ0) is 10.1. The van der Waals surface area contributed by atoms with Gasteiger partial charge in [0.25, 0.3) is 0 Å². The maximum atomic E-state index is 11.1. The number of nitrogens with two attached hydrogens (primary N) is 1. The highest BCUT2D eigenvalue weighted by molar-refractivity contribution is 5.80. The molecule has 1 unspecified atom stereocenters. The van der Waals surface area contributed by atoms with Crippen molar-refractivity contribution < 1.29 is 4.79 Å². The third-order valence-electron chi connectivity index (χ3n) is 2.23. The van der Waals surface area contributed by atoms with E-state index in [9.17, 15) is 4.79 Å². The predicted octanol–water partition coefficient (Wildman–Crippen LogP) is 1.57. The molecule has 0 aliphatic heterocycles. The van der Waals surface area contributed by atoms with Gasteiger partial charge < -0.3 is 5.73 Å². The van der Waals surface area contributed by atoms with Gasteiger partial charge in [-0.15, -0.1) is 0 Å². The van der Waals surface area contributed by atoms with Crippen LogP contribution >= 0.6 is 0 Å². The van der Waals surface area contributed by atoms with Gasteiger partial charge in [0.15, 0.2) is 0 Å². The average molecular weight is 177 g/mol. The molecular weight excluding hydrogens is 162 g/mol. The van der Waals surface area contributed by atoms with Crippen molar-refractivity contribution in [2.45, 2.75) is 32.7 Å². The van der Waals surface area contributed by atoms with Crippen molar-refractivity contribution in [3.8, 4) is 0 Å². The number of hydrogen-bond donors (Lipinski definition) is 1. The molecule has 2 N–H and O–H groups in total. The first-order valence-corrected chi connectivity index (χ1v) is 4.42. The van der Waals surface area contributed by atoms with E-state index in [2.05, 4.69) is 11.5 Å². The molecule has 1 rings (SSSR count). The van der Waals surface area contributed by atoms with E-state index in [0.29, 0.717) is 6.42 Å². The lowest BCUT2D eigenvalue weighted by Gasteiger charge is -2.23. The third kappa shape index (κ3) is 2.43. The van der Waals surface area contributed by atoms with Crippen molar-refractivity contribution in [1.29, 1.82) is 0 Å². The monoisotopic (exact) mass is 177 g/mol. The molecule has 1 aliphatic carbocycles. The first-order chi connectivity index (χ1) is 5.91. The molecule has 0 aromatic heterocycles. The smallest absolute Gasteiger partial charge is 0.137 e. The van der Waals surface area contributed by atoms with Gasteiger partial charge in [0, 0.05) is 17.0 Å². The fourth-order valence-corrected chi connectivity index (χ4v) is 1.24. The van der Waals surface area contributed by atoms with Gasteiger partial charge in [0.2, 0.25) is 0 Å². The lowest BCUT2D eigenvalue weighted by atomic mass is 9.84. The van der Waals surface area contributed by atoms with E-state index in [1.54, 1.807) is 13.0 Å².